The molecule has 7 nitrogen and oxygen atoms in total. The van der Waals surface area contributed by atoms with E-state index in [1.54, 1.807) is 0 Å². The predicted octanol–water partition coefficient (Wildman–Crippen LogP) is 9.80. The highest BCUT2D eigenvalue weighted by Crippen LogP contribution is 2.31. The van der Waals surface area contributed by atoms with Gasteiger partial charge < -0.3 is 10.6 Å². The molecule has 1 heterocycles. The molecule has 3 N–H and O–H groups in total. The standard InChI is InChI=1S/C38H39Cl2F3N6OS/c39-31-17-13-29(14-18-31)36-34(27-8-4-3-5-9-27)26-49(46-36)37(48-51-33-21-19-32(40)20-22-33)45-24-7-2-1-6-10-35(47-50-25-23-44)28-11-15-30(16-12-28)38(41,42)43/h3-5,8-9,11-22,34H,1-2,6-7,10,23-26,44H2,(H,45,48)/b47-35-. The minimum Gasteiger partial charge on any atom is -0.394 e. The lowest BCUT2D eigenvalue weighted by atomic mass is 9.91. The first-order chi connectivity index (χ1) is 24.7. The normalized spacial score (nSPS) is 15.2. The van der Waals surface area contributed by atoms with Crippen LogP contribution in [0.1, 0.15) is 60.3 Å². The van der Waals surface area contributed by atoms with Crippen molar-refractivity contribution in [2.45, 2.75) is 49.1 Å². The molecule has 13 heteroatoms. The van der Waals surface area contributed by atoms with Crippen LogP contribution in [0.3, 0.4) is 0 Å². The Morgan fingerprint density at radius 1 is 0.882 bits per heavy atom. The van der Waals surface area contributed by atoms with Crippen LogP contribution in [0, 0.1) is 0 Å². The molecule has 1 aliphatic heterocycles. The quantitative estimate of drug-likeness (QED) is 0.0415. The van der Waals surface area contributed by atoms with Gasteiger partial charge in [0.15, 0.2) is 0 Å². The summed E-state index contributed by atoms with van der Waals surface area (Å²) in [5, 5.41) is 12.5. The molecule has 268 valence electrons. The van der Waals surface area contributed by atoms with Crippen LogP contribution >= 0.6 is 35.1 Å². The van der Waals surface area contributed by atoms with Crippen LogP contribution in [0.2, 0.25) is 10.0 Å². The number of nitrogens with two attached hydrogens (primary N) is 1. The van der Waals surface area contributed by atoms with Gasteiger partial charge in [0, 0.05) is 33.9 Å². The lowest BCUT2D eigenvalue weighted by Gasteiger charge is -2.19. The summed E-state index contributed by atoms with van der Waals surface area (Å²) in [6.07, 6.45) is -0.448. The van der Waals surface area contributed by atoms with Crippen molar-refractivity contribution in [2.24, 2.45) is 21.0 Å². The van der Waals surface area contributed by atoms with Crippen LogP contribution in [0.25, 0.3) is 0 Å². The van der Waals surface area contributed by atoms with Crippen LogP contribution in [-0.2, 0) is 11.0 Å². The molecule has 0 aliphatic carbocycles. The third-order valence-corrected chi connectivity index (χ3v) is 9.38. The molecule has 0 bridgehead atoms. The lowest BCUT2D eigenvalue weighted by molar-refractivity contribution is -0.137. The number of halogens is 5. The van der Waals surface area contributed by atoms with Crippen LogP contribution in [-0.4, -0.2) is 48.6 Å². The van der Waals surface area contributed by atoms with Gasteiger partial charge in [0.2, 0.25) is 5.96 Å². The Morgan fingerprint density at radius 2 is 1.55 bits per heavy atom. The highest BCUT2D eigenvalue weighted by molar-refractivity contribution is 7.98. The van der Waals surface area contributed by atoms with Gasteiger partial charge in [-0.25, -0.2) is 5.01 Å². The zero-order chi connectivity index (χ0) is 36.1. The van der Waals surface area contributed by atoms with Gasteiger partial charge in [-0.1, -0.05) is 95.8 Å². The van der Waals surface area contributed by atoms with Crippen molar-refractivity contribution in [3.8, 4) is 0 Å². The molecular weight excluding hydrogens is 716 g/mol. The van der Waals surface area contributed by atoms with E-state index >= 15 is 0 Å². The predicted molar refractivity (Wildman–Crippen MR) is 203 cm³/mol. The summed E-state index contributed by atoms with van der Waals surface area (Å²) in [6, 6.07) is 30.6. The molecule has 0 amide bonds. The molecule has 0 aromatic heterocycles. The van der Waals surface area contributed by atoms with Gasteiger partial charge in [-0.05, 0) is 96.4 Å². The molecule has 1 unspecified atom stereocenters. The fourth-order valence-corrected chi connectivity index (χ4v) is 6.35. The van der Waals surface area contributed by atoms with Crippen molar-refractivity contribution < 1.29 is 18.0 Å². The molecule has 0 saturated heterocycles. The second kappa shape index (κ2) is 19.0. The molecule has 0 fully saturated rings. The number of hydrogen-bond donors (Lipinski definition) is 2. The highest BCUT2D eigenvalue weighted by Gasteiger charge is 2.32. The van der Waals surface area contributed by atoms with Crippen molar-refractivity contribution in [1.82, 2.24) is 9.73 Å². The van der Waals surface area contributed by atoms with Crippen molar-refractivity contribution in [1.29, 1.82) is 0 Å². The molecule has 51 heavy (non-hydrogen) atoms. The molecule has 0 spiro atoms. The zero-order valence-corrected chi connectivity index (χ0v) is 30.2. The van der Waals surface area contributed by atoms with Crippen LogP contribution in [0.5, 0.6) is 0 Å². The van der Waals surface area contributed by atoms with Crippen molar-refractivity contribution in [3.63, 3.8) is 0 Å². The average molecular weight is 756 g/mol. The van der Waals surface area contributed by atoms with Gasteiger partial charge in [0.1, 0.15) is 6.61 Å². The Balaban J connectivity index is 1.24. The zero-order valence-electron chi connectivity index (χ0n) is 27.8. The first kappa shape index (κ1) is 38.2. The Labute approximate surface area is 310 Å². The maximum absolute atomic E-state index is 13.1. The second-order valence-corrected chi connectivity index (χ2v) is 13.6. The smallest absolute Gasteiger partial charge is 0.394 e. The number of alkyl halides is 3. The Bertz CT molecular complexity index is 1770. The lowest BCUT2D eigenvalue weighted by Crippen LogP contribution is -2.34. The Kier molecular flexibility index (Phi) is 14.2. The summed E-state index contributed by atoms with van der Waals surface area (Å²) in [5.41, 5.74) is 9.09. The fraction of sp³-hybridized carbons (Fsp3) is 0.289. The summed E-state index contributed by atoms with van der Waals surface area (Å²) < 4.78 is 42.7. The number of benzene rings is 4. The SMILES string of the molecule is NCCO/N=C(/CCCCCCN=C(NSc1ccc(Cl)cc1)N1CC(c2ccccc2)C(c2ccc(Cl)cc2)=N1)c1ccc(C(F)(F)F)cc1. The van der Waals surface area contributed by atoms with Gasteiger partial charge in [-0.3, -0.25) is 9.71 Å². The molecule has 1 aliphatic rings. The Morgan fingerprint density at radius 3 is 2.22 bits per heavy atom. The summed E-state index contributed by atoms with van der Waals surface area (Å²) in [4.78, 5) is 11.2. The molecule has 4 aromatic carbocycles. The monoisotopic (exact) mass is 754 g/mol. The van der Waals surface area contributed by atoms with E-state index in [2.05, 4.69) is 22.0 Å². The van der Waals surface area contributed by atoms with Gasteiger partial charge in [-0.2, -0.15) is 18.3 Å². The maximum atomic E-state index is 13.1. The number of nitrogens with zero attached hydrogens (tertiary/aromatic N) is 4. The molecule has 5 rings (SSSR count). The number of guanidine groups is 1. The third-order valence-electron chi connectivity index (χ3n) is 8.09. The first-order valence-electron chi connectivity index (χ1n) is 16.7. The molecular formula is C38H39Cl2F3N6OS. The second-order valence-electron chi connectivity index (χ2n) is 11.8. The van der Waals surface area contributed by atoms with E-state index in [0.717, 1.165) is 59.6 Å². The van der Waals surface area contributed by atoms with Gasteiger partial charge in [0.25, 0.3) is 0 Å². The molecule has 0 saturated carbocycles. The van der Waals surface area contributed by atoms with E-state index in [1.807, 2.05) is 71.7 Å². The number of hydrogen-bond acceptors (Lipinski definition) is 6. The minimum atomic E-state index is -4.40. The number of hydrazone groups is 1. The number of rotatable bonds is 15. The average Bonchev–Trinajstić information content (AvgIpc) is 3.58. The van der Waals surface area contributed by atoms with E-state index in [0.29, 0.717) is 46.8 Å². The third kappa shape index (κ3) is 11.5. The van der Waals surface area contributed by atoms with Crippen LogP contribution < -0.4 is 10.5 Å². The van der Waals surface area contributed by atoms with Gasteiger partial charge >= 0.3 is 6.18 Å². The van der Waals surface area contributed by atoms with Crippen molar-refractivity contribution >= 4 is 52.5 Å². The van der Waals surface area contributed by atoms with Crippen LogP contribution in [0.4, 0.5) is 13.2 Å². The number of oxime groups is 1. The summed E-state index contributed by atoms with van der Waals surface area (Å²) in [7, 11) is 0. The van der Waals surface area contributed by atoms with E-state index in [1.165, 1.54) is 24.1 Å². The van der Waals surface area contributed by atoms with Gasteiger partial charge in [0.05, 0.1) is 23.5 Å². The number of aliphatic imine (C=N–C) groups is 1. The fourth-order valence-electron chi connectivity index (χ4n) is 5.45. The Hall–Kier alpha value is -4.03. The molecule has 4 aromatic rings. The minimum absolute atomic E-state index is 0.0225. The number of nitrogens with one attached hydrogen (secondary N) is 1. The van der Waals surface area contributed by atoms with E-state index < -0.39 is 11.7 Å². The summed E-state index contributed by atoms with van der Waals surface area (Å²) >= 11 is 13.8. The van der Waals surface area contributed by atoms with E-state index in [-0.39, 0.29) is 19.1 Å². The summed E-state index contributed by atoms with van der Waals surface area (Å²) in [6.45, 7) is 1.69. The van der Waals surface area contributed by atoms with Crippen molar-refractivity contribution in [3.05, 3.63) is 135 Å². The molecule has 0 radical (unpaired) electrons. The highest BCUT2D eigenvalue weighted by atomic mass is 35.5. The summed E-state index contributed by atoms with van der Waals surface area (Å²) in [5.74, 6) is 0.669. The maximum Gasteiger partial charge on any atom is 0.416 e. The first-order valence-corrected chi connectivity index (χ1v) is 18.2. The molecule has 1 atom stereocenters. The van der Waals surface area contributed by atoms with E-state index in [4.69, 9.17) is 43.9 Å². The number of unbranched alkanes of at least 4 members (excludes halogenated alkanes) is 3. The van der Waals surface area contributed by atoms with Gasteiger partial charge in [-0.15, -0.1) is 0 Å². The van der Waals surface area contributed by atoms with Crippen LogP contribution in [0.15, 0.2) is 123 Å². The van der Waals surface area contributed by atoms with E-state index in [9.17, 15) is 13.2 Å². The van der Waals surface area contributed by atoms with Crippen molar-refractivity contribution in [2.75, 3.05) is 26.2 Å². The largest absolute Gasteiger partial charge is 0.416 e. The topological polar surface area (TPSA) is 87.6 Å².